The molecule has 7 heteroatoms. The van der Waals surface area contributed by atoms with E-state index >= 15 is 0 Å². The van der Waals surface area contributed by atoms with E-state index in [-0.39, 0.29) is 11.7 Å². The number of fused-ring (bicyclic) bond motifs is 2. The van der Waals surface area contributed by atoms with E-state index in [0.717, 1.165) is 30.7 Å². The first-order valence-electron chi connectivity index (χ1n) is 8.71. The number of aromatic nitrogens is 5. The highest BCUT2D eigenvalue weighted by Gasteiger charge is 2.20. The van der Waals surface area contributed by atoms with Gasteiger partial charge in [-0.2, -0.15) is 14.6 Å². The van der Waals surface area contributed by atoms with Crippen molar-refractivity contribution in [3.05, 3.63) is 59.3 Å². The summed E-state index contributed by atoms with van der Waals surface area (Å²) in [6.45, 7) is 1.32. The molecule has 1 atom stereocenters. The molecule has 1 aliphatic rings. The fourth-order valence-corrected chi connectivity index (χ4v) is 3.58. The van der Waals surface area contributed by atoms with Gasteiger partial charge in [-0.1, -0.05) is 30.3 Å². The van der Waals surface area contributed by atoms with Gasteiger partial charge < -0.3 is 9.30 Å². The van der Waals surface area contributed by atoms with Crippen LogP contribution < -0.4 is 5.56 Å². The summed E-state index contributed by atoms with van der Waals surface area (Å²) in [6, 6.07) is 11.6. The molecule has 4 aromatic rings. The van der Waals surface area contributed by atoms with E-state index in [9.17, 15) is 4.79 Å². The third kappa shape index (κ3) is 2.40. The summed E-state index contributed by atoms with van der Waals surface area (Å²) in [5.74, 6) is 0.479. The predicted octanol–water partition coefficient (Wildman–Crippen LogP) is 2.29. The zero-order chi connectivity index (χ0) is 17.5. The Morgan fingerprint density at radius 1 is 1.19 bits per heavy atom. The van der Waals surface area contributed by atoms with Gasteiger partial charge >= 0.3 is 0 Å². The summed E-state index contributed by atoms with van der Waals surface area (Å²) in [6.07, 6.45) is 5.37. The normalized spacial score (nSPS) is 17.3. The van der Waals surface area contributed by atoms with Gasteiger partial charge in [-0.15, -0.1) is 0 Å². The van der Waals surface area contributed by atoms with Crippen LogP contribution in [0, 0.1) is 0 Å². The molecule has 130 valence electrons. The smallest absolute Gasteiger partial charge is 0.262 e. The molecule has 26 heavy (non-hydrogen) atoms. The highest BCUT2D eigenvalue weighted by atomic mass is 16.5. The molecule has 0 aliphatic carbocycles. The monoisotopic (exact) mass is 347 g/mol. The van der Waals surface area contributed by atoms with Gasteiger partial charge in [0.15, 0.2) is 0 Å². The Morgan fingerprint density at radius 2 is 2.08 bits per heavy atom. The van der Waals surface area contributed by atoms with Crippen LogP contribution >= 0.6 is 0 Å². The first kappa shape index (κ1) is 15.2. The Kier molecular flexibility index (Phi) is 3.53. The number of nitrogens with zero attached hydrogens (tertiary/aromatic N) is 5. The Hall–Kier alpha value is -3.06. The van der Waals surface area contributed by atoms with Crippen molar-refractivity contribution in [2.24, 2.45) is 0 Å². The zero-order valence-electron chi connectivity index (χ0n) is 14.1. The summed E-state index contributed by atoms with van der Waals surface area (Å²) in [5, 5.41) is 4.84. The molecule has 1 aromatic carbocycles. The van der Waals surface area contributed by atoms with Gasteiger partial charge in [0, 0.05) is 18.4 Å². The average molecular weight is 347 g/mol. The summed E-state index contributed by atoms with van der Waals surface area (Å²) in [4.78, 5) is 22.0. The Labute approximate surface area is 148 Å². The van der Waals surface area contributed by atoms with Gasteiger partial charge in [-0.3, -0.25) is 4.79 Å². The van der Waals surface area contributed by atoms with Crippen LogP contribution in [0.1, 0.15) is 12.8 Å². The largest absolute Gasteiger partial charge is 0.376 e. The minimum absolute atomic E-state index is 0.0817. The van der Waals surface area contributed by atoms with E-state index in [0.29, 0.717) is 23.2 Å². The molecule has 3 aromatic heterocycles. The second-order valence-corrected chi connectivity index (χ2v) is 6.47. The molecule has 0 N–H and O–H groups in total. The van der Waals surface area contributed by atoms with E-state index in [1.54, 1.807) is 15.3 Å². The van der Waals surface area contributed by atoms with Crippen molar-refractivity contribution in [1.29, 1.82) is 0 Å². The lowest BCUT2D eigenvalue weighted by atomic mass is 10.1. The highest BCUT2D eigenvalue weighted by molar-refractivity contribution is 5.93. The van der Waals surface area contributed by atoms with Crippen LogP contribution in [0.5, 0.6) is 0 Å². The first-order valence-corrected chi connectivity index (χ1v) is 8.71. The van der Waals surface area contributed by atoms with Crippen LogP contribution in [0.2, 0.25) is 0 Å². The fraction of sp³-hybridized carbons (Fsp3) is 0.263. The molecule has 0 unspecified atom stereocenters. The lowest BCUT2D eigenvalue weighted by Gasteiger charge is -2.14. The maximum absolute atomic E-state index is 13.3. The Bertz CT molecular complexity index is 1140. The molecule has 5 rings (SSSR count). The molecule has 0 amide bonds. The number of hydrogen-bond donors (Lipinski definition) is 0. The molecule has 1 saturated heterocycles. The molecular weight excluding hydrogens is 330 g/mol. The van der Waals surface area contributed by atoms with Crippen LogP contribution in [0.15, 0.2) is 53.7 Å². The van der Waals surface area contributed by atoms with Crippen molar-refractivity contribution in [2.45, 2.75) is 25.5 Å². The topological polar surface area (TPSA) is 74.3 Å². The van der Waals surface area contributed by atoms with Gasteiger partial charge in [-0.25, -0.2) is 4.98 Å². The zero-order valence-corrected chi connectivity index (χ0v) is 14.1. The number of ether oxygens (including phenoxy) is 1. The number of hydrogen-bond acceptors (Lipinski definition) is 5. The lowest BCUT2D eigenvalue weighted by Crippen LogP contribution is -2.26. The van der Waals surface area contributed by atoms with Crippen LogP contribution in [0.25, 0.3) is 27.9 Å². The van der Waals surface area contributed by atoms with Crippen LogP contribution in [0.4, 0.5) is 0 Å². The minimum atomic E-state index is -0.0817. The number of benzene rings is 1. The van der Waals surface area contributed by atoms with Crippen LogP contribution in [-0.4, -0.2) is 36.9 Å². The maximum Gasteiger partial charge on any atom is 0.262 e. The molecular formula is C19H17N5O2. The molecule has 1 fully saturated rings. The lowest BCUT2D eigenvalue weighted by molar-refractivity contribution is 0.0963. The standard InChI is InChI=1S/C19H17N5O2/c25-18-16-15(8-9-23(18)11-14-7-4-10-26-14)22-19-20-12-21-24(19)17(16)13-5-2-1-3-6-13/h1-3,5-6,8-9,12,14H,4,7,10-11H2/t14-/m1/s1. The van der Waals surface area contributed by atoms with E-state index in [1.165, 1.54) is 6.33 Å². The molecule has 0 radical (unpaired) electrons. The molecule has 0 bridgehead atoms. The van der Waals surface area contributed by atoms with Crippen LogP contribution in [0.3, 0.4) is 0 Å². The van der Waals surface area contributed by atoms with Crippen molar-refractivity contribution < 1.29 is 4.74 Å². The van der Waals surface area contributed by atoms with Crippen LogP contribution in [-0.2, 0) is 11.3 Å². The quantitative estimate of drug-likeness (QED) is 0.568. The van der Waals surface area contributed by atoms with Crippen molar-refractivity contribution in [1.82, 2.24) is 24.1 Å². The second kappa shape index (κ2) is 6.03. The van der Waals surface area contributed by atoms with E-state index in [1.807, 2.05) is 36.4 Å². The maximum atomic E-state index is 13.3. The fourth-order valence-electron chi connectivity index (χ4n) is 3.58. The minimum Gasteiger partial charge on any atom is -0.376 e. The first-order chi connectivity index (χ1) is 12.8. The molecule has 0 spiro atoms. The third-order valence-electron chi connectivity index (χ3n) is 4.81. The van der Waals surface area contributed by atoms with Crippen molar-refractivity contribution >= 4 is 16.7 Å². The molecule has 0 saturated carbocycles. The second-order valence-electron chi connectivity index (χ2n) is 6.47. The SMILES string of the molecule is O=c1c2c(-c3ccccc3)n3ncnc3nc2ccn1C[C@H]1CCCO1. The van der Waals surface area contributed by atoms with Gasteiger partial charge in [0.25, 0.3) is 11.3 Å². The molecule has 1 aliphatic heterocycles. The summed E-state index contributed by atoms with van der Waals surface area (Å²) in [7, 11) is 0. The Balaban J connectivity index is 1.80. The molecule has 4 heterocycles. The summed E-state index contributed by atoms with van der Waals surface area (Å²) in [5.41, 5.74) is 2.16. The number of pyridine rings is 1. The van der Waals surface area contributed by atoms with Gasteiger partial charge in [0.2, 0.25) is 0 Å². The van der Waals surface area contributed by atoms with Gasteiger partial charge in [0.05, 0.1) is 29.2 Å². The third-order valence-corrected chi connectivity index (χ3v) is 4.81. The van der Waals surface area contributed by atoms with Crippen molar-refractivity contribution in [3.8, 4) is 11.3 Å². The van der Waals surface area contributed by atoms with E-state index < -0.39 is 0 Å². The van der Waals surface area contributed by atoms with E-state index in [4.69, 9.17) is 4.74 Å². The van der Waals surface area contributed by atoms with Crippen molar-refractivity contribution in [3.63, 3.8) is 0 Å². The van der Waals surface area contributed by atoms with Gasteiger partial charge in [-0.05, 0) is 18.9 Å². The number of rotatable bonds is 3. The summed E-state index contributed by atoms with van der Waals surface area (Å²) < 4.78 is 9.05. The van der Waals surface area contributed by atoms with Gasteiger partial charge in [0.1, 0.15) is 6.33 Å². The average Bonchev–Trinajstić information content (AvgIpc) is 3.34. The summed E-state index contributed by atoms with van der Waals surface area (Å²) >= 11 is 0. The van der Waals surface area contributed by atoms with Crippen molar-refractivity contribution in [2.75, 3.05) is 6.61 Å². The Morgan fingerprint density at radius 3 is 2.88 bits per heavy atom. The predicted molar refractivity (Wildman–Crippen MR) is 97.0 cm³/mol. The molecule has 7 nitrogen and oxygen atoms in total. The van der Waals surface area contributed by atoms with E-state index in [2.05, 4.69) is 15.1 Å². The highest BCUT2D eigenvalue weighted by Crippen LogP contribution is 2.25.